The number of halogens is 4. The number of hydrogen-bond acceptors (Lipinski definition) is 6. The summed E-state index contributed by atoms with van der Waals surface area (Å²) in [6.45, 7) is 0.788. The van der Waals surface area contributed by atoms with E-state index in [1.165, 1.54) is 6.07 Å². The molecule has 0 spiro atoms. The Balaban J connectivity index is 2.17. The van der Waals surface area contributed by atoms with Crippen LogP contribution < -0.4 is 5.56 Å². The standard InChI is InChI=1S/C23H29ClF3N3O4/c24-18-7-5-17(6-8-18)20-15-22(34)30(21(28-20)4-1-9-23(25,26)27)16-19(33)3-2-10-29(11-13-31)12-14-32/h5-8,15,31-32H,1-4,9-14,16H2. The quantitative estimate of drug-likeness (QED) is 0.411. The van der Waals surface area contributed by atoms with Gasteiger partial charge in [-0.25, -0.2) is 4.98 Å². The van der Waals surface area contributed by atoms with Crippen molar-refractivity contribution in [1.29, 1.82) is 0 Å². The van der Waals surface area contributed by atoms with E-state index in [0.29, 0.717) is 42.3 Å². The molecule has 0 unspecified atom stereocenters. The zero-order chi connectivity index (χ0) is 25.1. The van der Waals surface area contributed by atoms with Gasteiger partial charge in [0.15, 0.2) is 5.78 Å². The first-order chi connectivity index (χ1) is 16.1. The molecule has 2 N–H and O–H groups in total. The van der Waals surface area contributed by atoms with Gasteiger partial charge in [0.1, 0.15) is 5.82 Å². The van der Waals surface area contributed by atoms with Crippen LogP contribution in [0.1, 0.15) is 31.5 Å². The number of aryl methyl sites for hydroxylation is 1. The topological polar surface area (TPSA) is 95.7 Å². The average molecular weight is 504 g/mol. The predicted molar refractivity (Wildman–Crippen MR) is 123 cm³/mol. The second kappa shape index (κ2) is 13.6. The van der Waals surface area contributed by atoms with Gasteiger partial charge in [0.05, 0.1) is 25.5 Å². The molecule has 34 heavy (non-hydrogen) atoms. The van der Waals surface area contributed by atoms with E-state index in [1.54, 1.807) is 24.3 Å². The average Bonchev–Trinajstić information content (AvgIpc) is 2.75. The van der Waals surface area contributed by atoms with Crippen LogP contribution in [0.2, 0.25) is 5.02 Å². The number of aromatic nitrogens is 2. The molecule has 2 rings (SSSR count). The lowest BCUT2D eigenvalue weighted by molar-refractivity contribution is -0.135. The molecule has 0 bridgehead atoms. The second-order valence-electron chi connectivity index (χ2n) is 7.89. The molecule has 1 heterocycles. The highest BCUT2D eigenvalue weighted by Gasteiger charge is 2.26. The summed E-state index contributed by atoms with van der Waals surface area (Å²) in [5.41, 5.74) is 0.374. The minimum Gasteiger partial charge on any atom is -0.395 e. The maximum Gasteiger partial charge on any atom is 0.389 e. The van der Waals surface area contributed by atoms with Crippen molar-refractivity contribution in [3.05, 3.63) is 51.5 Å². The van der Waals surface area contributed by atoms with Gasteiger partial charge in [-0.1, -0.05) is 23.7 Å². The largest absolute Gasteiger partial charge is 0.395 e. The monoisotopic (exact) mass is 503 g/mol. The van der Waals surface area contributed by atoms with Gasteiger partial charge in [0.25, 0.3) is 5.56 Å². The highest BCUT2D eigenvalue weighted by Crippen LogP contribution is 2.23. The minimum absolute atomic E-state index is 0.0732. The van der Waals surface area contributed by atoms with Gasteiger partial charge in [0, 0.05) is 49.0 Å². The molecule has 0 radical (unpaired) electrons. The molecule has 11 heteroatoms. The van der Waals surface area contributed by atoms with Crippen LogP contribution in [0, 0.1) is 0 Å². The maximum atomic E-state index is 12.8. The van der Waals surface area contributed by atoms with Crippen LogP contribution in [0.3, 0.4) is 0 Å². The molecule has 0 saturated heterocycles. The van der Waals surface area contributed by atoms with Crippen molar-refractivity contribution in [2.45, 2.75) is 44.8 Å². The SMILES string of the molecule is O=C(CCCN(CCO)CCO)Cn1c(CCCC(F)(F)F)nc(-c2ccc(Cl)cc2)cc1=O. The van der Waals surface area contributed by atoms with E-state index in [0.717, 1.165) is 4.57 Å². The Hall–Kier alpha value is -2.27. The van der Waals surface area contributed by atoms with Gasteiger partial charge in [-0.2, -0.15) is 13.2 Å². The Kier molecular flexibility index (Phi) is 11.2. The smallest absolute Gasteiger partial charge is 0.389 e. The minimum atomic E-state index is -4.33. The first kappa shape index (κ1) is 28.0. The molecule has 0 atom stereocenters. The molecule has 0 aliphatic rings. The van der Waals surface area contributed by atoms with Crippen LogP contribution in [0.5, 0.6) is 0 Å². The maximum absolute atomic E-state index is 12.8. The van der Waals surface area contributed by atoms with Gasteiger partial charge in [-0.15, -0.1) is 0 Å². The zero-order valence-electron chi connectivity index (χ0n) is 18.7. The van der Waals surface area contributed by atoms with E-state index < -0.39 is 18.2 Å². The van der Waals surface area contributed by atoms with Gasteiger partial charge >= 0.3 is 6.18 Å². The van der Waals surface area contributed by atoms with Crippen LogP contribution in [0.15, 0.2) is 35.1 Å². The van der Waals surface area contributed by atoms with Crippen molar-refractivity contribution >= 4 is 17.4 Å². The van der Waals surface area contributed by atoms with E-state index in [1.807, 2.05) is 4.90 Å². The third-order valence-corrected chi connectivity index (χ3v) is 5.44. The molecule has 0 amide bonds. The van der Waals surface area contributed by atoms with Crippen LogP contribution in [0.4, 0.5) is 13.2 Å². The van der Waals surface area contributed by atoms with Crippen LogP contribution in [0.25, 0.3) is 11.3 Å². The van der Waals surface area contributed by atoms with Crippen molar-refractivity contribution < 1.29 is 28.2 Å². The van der Waals surface area contributed by atoms with Crippen LogP contribution >= 0.6 is 11.6 Å². The number of rotatable bonds is 14. The first-order valence-corrected chi connectivity index (χ1v) is 11.4. The summed E-state index contributed by atoms with van der Waals surface area (Å²) in [6, 6.07) is 7.81. The van der Waals surface area contributed by atoms with Crippen molar-refractivity contribution in [1.82, 2.24) is 14.5 Å². The van der Waals surface area contributed by atoms with Crippen molar-refractivity contribution in [3.63, 3.8) is 0 Å². The van der Waals surface area contributed by atoms with E-state index in [4.69, 9.17) is 21.8 Å². The van der Waals surface area contributed by atoms with Gasteiger partial charge in [-0.3, -0.25) is 19.1 Å². The summed E-state index contributed by atoms with van der Waals surface area (Å²) in [5, 5.41) is 18.6. The summed E-state index contributed by atoms with van der Waals surface area (Å²) in [6.07, 6.45) is -5.12. The van der Waals surface area contributed by atoms with Crippen LogP contribution in [-0.2, 0) is 17.8 Å². The molecule has 2 aromatic rings. The number of carbonyl (C=O) groups excluding carboxylic acids is 1. The van der Waals surface area contributed by atoms with Crippen LogP contribution in [-0.4, -0.2) is 69.5 Å². The Morgan fingerprint density at radius 2 is 1.71 bits per heavy atom. The molecule has 188 valence electrons. The Bertz CT molecular complexity index is 975. The number of Topliss-reactive ketones (excluding diaryl/α,β-unsaturated/α-hetero) is 1. The summed E-state index contributed by atoms with van der Waals surface area (Å²) < 4.78 is 39.1. The first-order valence-electron chi connectivity index (χ1n) is 11.0. The molecule has 0 aliphatic carbocycles. The van der Waals surface area contributed by atoms with E-state index in [-0.39, 0.29) is 50.6 Å². The number of nitrogens with zero attached hydrogens (tertiary/aromatic N) is 3. The molecule has 0 aliphatic heterocycles. The fraction of sp³-hybridized carbons (Fsp3) is 0.522. The second-order valence-corrected chi connectivity index (χ2v) is 8.33. The lowest BCUT2D eigenvalue weighted by atomic mass is 10.1. The number of aliphatic hydroxyl groups excluding tert-OH is 2. The highest BCUT2D eigenvalue weighted by molar-refractivity contribution is 6.30. The molecule has 0 saturated carbocycles. The number of alkyl halides is 3. The van der Waals surface area contributed by atoms with E-state index >= 15 is 0 Å². The number of benzene rings is 1. The van der Waals surface area contributed by atoms with E-state index in [9.17, 15) is 22.8 Å². The molecule has 0 fully saturated rings. The number of hydrogen-bond donors (Lipinski definition) is 2. The normalized spacial score (nSPS) is 11.9. The number of carbonyl (C=O) groups is 1. The molecule has 1 aromatic heterocycles. The highest BCUT2D eigenvalue weighted by atomic mass is 35.5. The van der Waals surface area contributed by atoms with Gasteiger partial charge < -0.3 is 10.2 Å². The fourth-order valence-electron chi connectivity index (χ4n) is 3.50. The Morgan fingerprint density at radius 3 is 2.29 bits per heavy atom. The van der Waals surface area contributed by atoms with Gasteiger partial charge in [-0.05, 0) is 31.5 Å². The Labute approximate surface area is 200 Å². The van der Waals surface area contributed by atoms with Crippen molar-refractivity contribution in [2.75, 3.05) is 32.8 Å². The summed E-state index contributed by atoms with van der Waals surface area (Å²) >= 11 is 5.89. The lowest BCUT2D eigenvalue weighted by Crippen LogP contribution is -2.32. The Morgan fingerprint density at radius 1 is 1.06 bits per heavy atom. The predicted octanol–water partition coefficient (Wildman–Crippen LogP) is 3.08. The molecular formula is C23H29ClF3N3O4. The summed E-state index contributed by atoms with van der Waals surface area (Å²) in [4.78, 5) is 31.6. The van der Waals surface area contributed by atoms with E-state index in [2.05, 4.69) is 4.98 Å². The van der Waals surface area contributed by atoms with Gasteiger partial charge in [0.2, 0.25) is 0 Å². The van der Waals surface area contributed by atoms with Crippen molar-refractivity contribution in [3.8, 4) is 11.3 Å². The van der Waals surface area contributed by atoms with Crippen molar-refractivity contribution in [2.24, 2.45) is 0 Å². The number of ketones is 1. The molecule has 7 nitrogen and oxygen atoms in total. The zero-order valence-corrected chi connectivity index (χ0v) is 19.5. The number of aliphatic hydroxyl groups is 2. The third kappa shape index (κ3) is 9.54. The molecule has 1 aromatic carbocycles. The lowest BCUT2D eigenvalue weighted by Gasteiger charge is -2.19. The third-order valence-electron chi connectivity index (χ3n) is 5.18. The summed E-state index contributed by atoms with van der Waals surface area (Å²) in [7, 11) is 0. The summed E-state index contributed by atoms with van der Waals surface area (Å²) in [5.74, 6) is -0.134. The fourth-order valence-corrected chi connectivity index (χ4v) is 3.63. The molecular weight excluding hydrogens is 475 g/mol.